The van der Waals surface area contributed by atoms with Gasteiger partial charge in [-0.3, -0.25) is 9.69 Å². The first kappa shape index (κ1) is 18.5. The van der Waals surface area contributed by atoms with Gasteiger partial charge in [-0.15, -0.1) is 0 Å². The summed E-state index contributed by atoms with van der Waals surface area (Å²) in [6.45, 7) is 4.86. The lowest BCUT2D eigenvalue weighted by Crippen LogP contribution is -2.36. The molecule has 0 saturated carbocycles. The summed E-state index contributed by atoms with van der Waals surface area (Å²) < 4.78 is 18.3. The van der Waals surface area contributed by atoms with Crippen molar-refractivity contribution in [3.63, 3.8) is 0 Å². The summed E-state index contributed by atoms with van der Waals surface area (Å²) in [4.78, 5) is 14.5. The Morgan fingerprint density at radius 1 is 1.04 bits per heavy atom. The summed E-state index contributed by atoms with van der Waals surface area (Å²) in [5, 5.41) is 3.00. The minimum atomic E-state index is -0.255. The topological polar surface area (TPSA) is 41.6 Å². The van der Waals surface area contributed by atoms with Gasteiger partial charge in [-0.1, -0.05) is 36.4 Å². The molecule has 4 nitrogen and oxygen atoms in total. The van der Waals surface area contributed by atoms with Crippen LogP contribution in [0.4, 0.5) is 4.39 Å². The van der Waals surface area contributed by atoms with Gasteiger partial charge in [0.15, 0.2) is 0 Å². The lowest BCUT2D eigenvalue weighted by Gasteiger charge is -2.27. The standard InChI is InChI=1S/C21H25FN2O2/c22-20-8-5-17(6-9-20)7-10-21(25)23-15-18-3-1-2-4-19(18)16-24-11-13-26-14-12-24/h1-6,8-9H,7,10-16H2,(H,23,25). The molecule has 0 radical (unpaired) electrons. The zero-order valence-corrected chi connectivity index (χ0v) is 14.9. The number of rotatable bonds is 7. The van der Waals surface area contributed by atoms with E-state index in [-0.39, 0.29) is 11.7 Å². The van der Waals surface area contributed by atoms with Gasteiger partial charge < -0.3 is 10.1 Å². The normalized spacial score (nSPS) is 15.0. The van der Waals surface area contributed by atoms with Gasteiger partial charge in [-0.25, -0.2) is 4.39 Å². The van der Waals surface area contributed by atoms with Crippen molar-refractivity contribution in [2.24, 2.45) is 0 Å². The summed E-state index contributed by atoms with van der Waals surface area (Å²) in [6.07, 6.45) is 1.01. The molecule has 0 aliphatic carbocycles. The Labute approximate surface area is 154 Å². The third-order valence-electron chi connectivity index (χ3n) is 4.65. The number of amides is 1. The Balaban J connectivity index is 1.49. The Morgan fingerprint density at radius 3 is 2.46 bits per heavy atom. The molecule has 1 saturated heterocycles. The Kier molecular flexibility index (Phi) is 6.75. The number of nitrogens with one attached hydrogen (secondary N) is 1. The predicted octanol–water partition coefficient (Wildman–Crippen LogP) is 2.91. The number of benzene rings is 2. The molecule has 3 rings (SSSR count). The van der Waals surface area contributed by atoms with E-state index in [1.54, 1.807) is 12.1 Å². The number of ether oxygens (including phenoxy) is 1. The van der Waals surface area contributed by atoms with Crippen LogP contribution in [-0.2, 0) is 29.0 Å². The molecule has 1 aliphatic heterocycles. The molecule has 1 aliphatic rings. The van der Waals surface area contributed by atoms with Crippen molar-refractivity contribution in [1.29, 1.82) is 0 Å². The van der Waals surface area contributed by atoms with Crippen LogP contribution in [0.3, 0.4) is 0 Å². The van der Waals surface area contributed by atoms with Crippen LogP contribution in [0.15, 0.2) is 48.5 Å². The Morgan fingerprint density at radius 2 is 1.73 bits per heavy atom. The van der Waals surface area contributed by atoms with Gasteiger partial charge in [0.05, 0.1) is 13.2 Å². The van der Waals surface area contributed by atoms with E-state index in [4.69, 9.17) is 4.74 Å². The maximum atomic E-state index is 12.9. The Bertz CT molecular complexity index is 712. The van der Waals surface area contributed by atoms with E-state index in [2.05, 4.69) is 22.3 Å². The molecular formula is C21H25FN2O2. The molecule has 2 aromatic carbocycles. The molecule has 138 valence electrons. The van der Waals surface area contributed by atoms with Gasteiger partial charge in [0.1, 0.15) is 5.82 Å². The van der Waals surface area contributed by atoms with Crippen LogP contribution < -0.4 is 5.32 Å². The van der Waals surface area contributed by atoms with Crippen molar-refractivity contribution in [1.82, 2.24) is 10.2 Å². The zero-order valence-electron chi connectivity index (χ0n) is 14.9. The van der Waals surface area contributed by atoms with Crippen LogP contribution in [0.1, 0.15) is 23.1 Å². The third-order valence-corrected chi connectivity index (χ3v) is 4.65. The van der Waals surface area contributed by atoms with Crippen LogP contribution in [-0.4, -0.2) is 37.1 Å². The number of aryl methyl sites for hydroxylation is 1. The van der Waals surface area contributed by atoms with Crippen LogP contribution in [0.5, 0.6) is 0 Å². The van der Waals surface area contributed by atoms with E-state index in [9.17, 15) is 9.18 Å². The maximum absolute atomic E-state index is 12.9. The highest BCUT2D eigenvalue weighted by molar-refractivity contribution is 5.76. The molecule has 1 amide bonds. The number of morpholine rings is 1. The number of hydrogen-bond acceptors (Lipinski definition) is 3. The SMILES string of the molecule is O=C(CCc1ccc(F)cc1)NCc1ccccc1CN1CCOCC1. The molecule has 2 aromatic rings. The van der Waals surface area contributed by atoms with Crippen molar-refractivity contribution in [3.8, 4) is 0 Å². The fraction of sp³-hybridized carbons (Fsp3) is 0.381. The summed E-state index contributed by atoms with van der Waals surface area (Å²) >= 11 is 0. The lowest BCUT2D eigenvalue weighted by molar-refractivity contribution is -0.121. The van der Waals surface area contributed by atoms with E-state index in [1.165, 1.54) is 17.7 Å². The first-order chi connectivity index (χ1) is 12.7. The van der Waals surface area contributed by atoms with Gasteiger partial charge in [-0.2, -0.15) is 0 Å². The largest absolute Gasteiger partial charge is 0.379 e. The molecular weight excluding hydrogens is 331 g/mol. The average molecular weight is 356 g/mol. The molecule has 1 heterocycles. The van der Waals surface area contributed by atoms with Crippen LogP contribution >= 0.6 is 0 Å². The summed E-state index contributed by atoms with van der Waals surface area (Å²) in [5.41, 5.74) is 3.36. The van der Waals surface area contributed by atoms with Crippen LogP contribution in [0.25, 0.3) is 0 Å². The van der Waals surface area contributed by atoms with Crippen molar-refractivity contribution in [2.45, 2.75) is 25.9 Å². The Hall–Kier alpha value is -2.24. The summed E-state index contributed by atoms with van der Waals surface area (Å²) in [5.74, 6) is -0.245. The number of halogens is 1. The van der Waals surface area contributed by atoms with Crippen LogP contribution in [0, 0.1) is 5.82 Å². The second-order valence-electron chi connectivity index (χ2n) is 6.56. The lowest BCUT2D eigenvalue weighted by atomic mass is 10.1. The summed E-state index contributed by atoms with van der Waals surface area (Å²) in [6, 6.07) is 14.5. The first-order valence-electron chi connectivity index (χ1n) is 9.09. The number of nitrogens with zero attached hydrogens (tertiary/aromatic N) is 1. The third kappa shape index (κ3) is 5.64. The van der Waals surface area contributed by atoms with E-state index < -0.39 is 0 Å². The second kappa shape index (κ2) is 9.46. The minimum Gasteiger partial charge on any atom is -0.379 e. The van der Waals surface area contributed by atoms with Crippen LogP contribution in [0.2, 0.25) is 0 Å². The van der Waals surface area contributed by atoms with E-state index >= 15 is 0 Å². The van der Waals surface area contributed by atoms with Crippen molar-refractivity contribution >= 4 is 5.91 Å². The smallest absolute Gasteiger partial charge is 0.220 e. The highest BCUT2D eigenvalue weighted by Crippen LogP contribution is 2.13. The second-order valence-corrected chi connectivity index (χ2v) is 6.56. The van der Waals surface area contributed by atoms with E-state index in [0.717, 1.165) is 44.0 Å². The molecule has 0 bridgehead atoms. The quantitative estimate of drug-likeness (QED) is 0.829. The zero-order chi connectivity index (χ0) is 18.2. The fourth-order valence-corrected chi connectivity index (χ4v) is 3.08. The van der Waals surface area contributed by atoms with Gasteiger partial charge in [-0.05, 0) is 35.2 Å². The molecule has 1 N–H and O–H groups in total. The van der Waals surface area contributed by atoms with Gasteiger partial charge in [0.2, 0.25) is 5.91 Å². The molecule has 0 spiro atoms. The van der Waals surface area contributed by atoms with E-state index in [1.807, 2.05) is 12.1 Å². The highest BCUT2D eigenvalue weighted by atomic mass is 19.1. The number of hydrogen-bond donors (Lipinski definition) is 1. The molecule has 26 heavy (non-hydrogen) atoms. The first-order valence-corrected chi connectivity index (χ1v) is 9.09. The van der Waals surface area contributed by atoms with Crippen molar-refractivity contribution in [3.05, 3.63) is 71.0 Å². The molecule has 5 heteroatoms. The fourth-order valence-electron chi connectivity index (χ4n) is 3.08. The molecule has 1 fully saturated rings. The number of carbonyl (C=O) groups excluding carboxylic acids is 1. The van der Waals surface area contributed by atoms with Gasteiger partial charge in [0.25, 0.3) is 0 Å². The number of carbonyl (C=O) groups is 1. The minimum absolute atomic E-state index is 0.00972. The van der Waals surface area contributed by atoms with Crippen molar-refractivity contribution in [2.75, 3.05) is 26.3 Å². The predicted molar refractivity (Wildman–Crippen MR) is 99.1 cm³/mol. The van der Waals surface area contributed by atoms with Gasteiger partial charge in [0, 0.05) is 32.6 Å². The molecule has 0 unspecified atom stereocenters. The van der Waals surface area contributed by atoms with E-state index in [0.29, 0.717) is 19.4 Å². The summed E-state index contributed by atoms with van der Waals surface area (Å²) in [7, 11) is 0. The average Bonchev–Trinajstić information content (AvgIpc) is 2.68. The highest BCUT2D eigenvalue weighted by Gasteiger charge is 2.13. The molecule has 0 aromatic heterocycles. The van der Waals surface area contributed by atoms with Gasteiger partial charge >= 0.3 is 0 Å². The monoisotopic (exact) mass is 356 g/mol. The van der Waals surface area contributed by atoms with Crippen molar-refractivity contribution < 1.29 is 13.9 Å². The molecule has 0 atom stereocenters. The maximum Gasteiger partial charge on any atom is 0.220 e.